The lowest BCUT2D eigenvalue weighted by molar-refractivity contribution is -0.124. The monoisotopic (exact) mass is 398 g/mol. The third kappa shape index (κ3) is 2.44. The Morgan fingerprint density at radius 2 is 1.60 bits per heavy atom. The number of benzene rings is 2. The molecule has 5 heteroatoms. The van der Waals surface area contributed by atoms with Gasteiger partial charge < -0.3 is 5.32 Å². The molecule has 5 aliphatic rings. The van der Waals surface area contributed by atoms with Gasteiger partial charge in [0.25, 0.3) is 5.91 Å². The second-order valence-electron chi connectivity index (χ2n) is 9.04. The minimum absolute atomic E-state index is 0.106. The minimum atomic E-state index is -0.262. The fraction of sp³-hybridized carbons (Fsp3) is 0.320. The van der Waals surface area contributed by atoms with Crippen LogP contribution >= 0.6 is 0 Å². The molecular weight excluding hydrogens is 376 g/mol. The van der Waals surface area contributed by atoms with Gasteiger partial charge in [-0.25, -0.2) is 4.90 Å². The average Bonchev–Trinajstić information content (AvgIpc) is 3.52. The Labute approximate surface area is 174 Å². The van der Waals surface area contributed by atoms with E-state index in [0.717, 1.165) is 12.0 Å². The maximum Gasteiger partial charge on any atom is 0.255 e. The molecule has 1 aliphatic heterocycles. The Balaban J connectivity index is 1.29. The van der Waals surface area contributed by atoms with E-state index in [2.05, 4.69) is 17.5 Å². The molecule has 3 fully saturated rings. The smallest absolute Gasteiger partial charge is 0.255 e. The van der Waals surface area contributed by atoms with Crippen molar-refractivity contribution in [1.82, 2.24) is 0 Å². The summed E-state index contributed by atoms with van der Waals surface area (Å²) in [6, 6.07) is 14.4. The summed E-state index contributed by atoms with van der Waals surface area (Å²) in [5.74, 6) is 0.591. The Bertz CT molecular complexity index is 1100. The summed E-state index contributed by atoms with van der Waals surface area (Å²) >= 11 is 0. The second kappa shape index (κ2) is 6.14. The van der Waals surface area contributed by atoms with Gasteiger partial charge >= 0.3 is 0 Å². The van der Waals surface area contributed by atoms with Crippen molar-refractivity contribution < 1.29 is 14.4 Å². The summed E-state index contributed by atoms with van der Waals surface area (Å²) in [4.78, 5) is 40.7. The average molecular weight is 398 g/mol. The van der Waals surface area contributed by atoms with E-state index in [9.17, 15) is 14.4 Å². The number of nitrogens with zero attached hydrogens (tertiary/aromatic N) is 1. The Morgan fingerprint density at radius 3 is 2.27 bits per heavy atom. The summed E-state index contributed by atoms with van der Waals surface area (Å²) in [5, 5.41) is 2.89. The molecule has 7 rings (SSSR count). The first-order chi connectivity index (χ1) is 14.5. The minimum Gasteiger partial charge on any atom is -0.322 e. The van der Waals surface area contributed by atoms with Crippen molar-refractivity contribution in [3.8, 4) is 0 Å². The van der Waals surface area contributed by atoms with Gasteiger partial charge in [-0.05, 0) is 72.9 Å². The molecule has 1 saturated heterocycles. The highest BCUT2D eigenvalue weighted by molar-refractivity contribution is 6.23. The van der Waals surface area contributed by atoms with Crippen molar-refractivity contribution in [3.05, 3.63) is 71.8 Å². The van der Waals surface area contributed by atoms with Gasteiger partial charge in [0.1, 0.15) is 0 Å². The molecule has 30 heavy (non-hydrogen) atoms. The maximum atomic E-state index is 13.3. The second-order valence-corrected chi connectivity index (χ2v) is 9.04. The van der Waals surface area contributed by atoms with E-state index in [-0.39, 0.29) is 41.4 Å². The molecule has 2 bridgehead atoms. The van der Waals surface area contributed by atoms with Crippen LogP contribution in [0, 0.1) is 42.4 Å². The number of nitrogens with one attached hydrogen (secondary N) is 1. The van der Waals surface area contributed by atoms with Crippen molar-refractivity contribution in [2.45, 2.75) is 13.3 Å². The van der Waals surface area contributed by atoms with Gasteiger partial charge in [0.2, 0.25) is 11.8 Å². The van der Waals surface area contributed by atoms with Crippen LogP contribution in [-0.2, 0) is 9.59 Å². The molecule has 3 amide bonds. The molecule has 0 unspecified atom stereocenters. The molecule has 150 valence electrons. The number of amides is 3. The van der Waals surface area contributed by atoms with Crippen LogP contribution in [0.15, 0.2) is 60.7 Å². The number of aryl methyl sites for hydroxylation is 1. The Kier molecular flexibility index (Phi) is 3.61. The maximum absolute atomic E-state index is 13.3. The third-order valence-corrected chi connectivity index (χ3v) is 7.31. The van der Waals surface area contributed by atoms with Crippen molar-refractivity contribution in [1.29, 1.82) is 0 Å². The van der Waals surface area contributed by atoms with E-state index >= 15 is 0 Å². The SMILES string of the molecule is Cc1cccc(NC(=O)c2cccc(N3C(=O)[C@@H]4[C@H]5C=C[C@@H]([C@@H]6C[C@@H]56)[C@H]4C3=O)c2)c1. The van der Waals surface area contributed by atoms with Crippen molar-refractivity contribution in [2.75, 3.05) is 10.2 Å². The number of hydrogen-bond acceptors (Lipinski definition) is 3. The zero-order valence-corrected chi connectivity index (χ0v) is 16.6. The Hall–Kier alpha value is -3.21. The zero-order valence-electron chi connectivity index (χ0n) is 16.6. The lowest BCUT2D eigenvalue weighted by atomic mass is 9.63. The van der Waals surface area contributed by atoms with Crippen LogP contribution in [0.1, 0.15) is 22.3 Å². The summed E-state index contributed by atoms with van der Waals surface area (Å²) in [5.41, 5.74) is 2.68. The summed E-state index contributed by atoms with van der Waals surface area (Å²) in [6.45, 7) is 1.96. The zero-order chi connectivity index (χ0) is 20.6. The Morgan fingerprint density at radius 1 is 0.933 bits per heavy atom. The highest BCUT2D eigenvalue weighted by atomic mass is 16.2. The molecule has 4 aliphatic carbocycles. The van der Waals surface area contributed by atoms with E-state index in [1.54, 1.807) is 24.3 Å². The van der Waals surface area contributed by atoms with E-state index in [4.69, 9.17) is 0 Å². The first-order valence-electron chi connectivity index (χ1n) is 10.6. The van der Waals surface area contributed by atoms with Crippen LogP contribution in [0.2, 0.25) is 0 Å². The van der Waals surface area contributed by atoms with Gasteiger partial charge in [0, 0.05) is 11.3 Å². The number of allylic oxidation sites excluding steroid dienone is 2. The van der Waals surface area contributed by atoms with Gasteiger partial charge in [0.05, 0.1) is 17.5 Å². The molecule has 1 heterocycles. The van der Waals surface area contributed by atoms with E-state index in [1.807, 2.05) is 31.2 Å². The van der Waals surface area contributed by atoms with Gasteiger partial charge in [-0.1, -0.05) is 30.4 Å². The van der Waals surface area contributed by atoms with Crippen molar-refractivity contribution >= 4 is 29.1 Å². The van der Waals surface area contributed by atoms with E-state index in [0.29, 0.717) is 28.8 Å². The van der Waals surface area contributed by atoms with Crippen molar-refractivity contribution in [2.24, 2.45) is 35.5 Å². The van der Waals surface area contributed by atoms with Gasteiger partial charge in [-0.3, -0.25) is 14.4 Å². The fourth-order valence-electron chi connectivity index (χ4n) is 5.92. The van der Waals surface area contributed by atoms with Gasteiger partial charge in [-0.15, -0.1) is 0 Å². The largest absolute Gasteiger partial charge is 0.322 e. The summed E-state index contributed by atoms with van der Waals surface area (Å²) in [7, 11) is 0. The lowest BCUT2D eigenvalue weighted by Gasteiger charge is -2.37. The lowest BCUT2D eigenvalue weighted by Crippen LogP contribution is -2.40. The molecule has 6 atom stereocenters. The molecule has 5 nitrogen and oxygen atoms in total. The van der Waals surface area contributed by atoms with Crippen LogP contribution in [0.3, 0.4) is 0 Å². The molecule has 2 aromatic rings. The first kappa shape index (κ1) is 17.6. The fourth-order valence-corrected chi connectivity index (χ4v) is 5.92. The highest BCUT2D eigenvalue weighted by Gasteiger charge is 2.67. The van der Waals surface area contributed by atoms with Gasteiger partial charge in [-0.2, -0.15) is 0 Å². The number of carbonyl (C=O) groups excluding carboxylic acids is 3. The number of carbonyl (C=O) groups is 3. The van der Waals surface area contributed by atoms with Crippen LogP contribution in [0.4, 0.5) is 11.4 Å². The topological polar surface area (TPSA) is 66.5 Å². The summed E-state index contributed by atoms with van der Waals surface area (Å²) in [6.07, 6.45) is 5.48. The van der Waals surface area contributed by atoms with E-state index in [1.165, 1.54) is 4.90 Å². The van der Waals surface area contributed by atoms with Crippen LogP contribution in [0.25, 0.3) is 0 Å². The molecule has 0 radical (unpaired) electrons. The number of hydrogen-bond donors (Lipinski definition) is 1. The first-order valence-corrected chi connectivity index (χ1v) is 10.6. The van der Waals surface area contributed by atoms with Crippen LogP contribution < -0.4 is 10.2 Å². The quantitative estimate of drug-likeness (QED) is 0.632. The highest BCUT2D eigenvalue weighted by Crippen LogP contribution is 2.65. The van der Waals surface area contributed by atoms with Crippen LogP contribution in [-0.4, -0.2) is 17.7 Å². The standard InChI is InChI=1S/C25H22N2O3/c1-13-4-2-6-15(10-13)26-23(28)14-5-3-7-16(11-14)27-24(29)21-17-8-9-18(20-12-19(17)20)22(21)25(27)30/h2-11,17-22H,12H2,1H3,(H,26,28)/t17-,18-,19-,20-,21+,22+/m0/s1. The molecular formula is C25H22N2O3. The molecule has 1 N–H and O–H groups in total. The molecule has 0 spiro atoms. The predicted octanol–water partition coefficient (Wildman–Crippen LogP) is 3.80. The number of anilines is 2. The summed E-state index contributed by atoms with van der Waals surface area (Å²) < 4.78 is 0. The van der Waals surface area contributed by atoms with Gasteiger partial charge in [0.15, 0.2) is 0 Å². The normalized spacial score (nSPS) is 32.8. The predicted molar refractivity (Wildman–Crippen MR) is 113 cm³/mol. The van der Waals surface area contributed by atoms with Crippen LogP contribution in [0.5, 0.6) is 0 Å². The number of imide groups is 1. The number of rotatable bonds is 3. The molecule has 2 aromatic carbocycles. The van der Waals surface area contributed by atoms with Crippen molar-refractivity contribution in [3.63, 3.8) is 0 Å². The molecule has 0 aromatic heterocycles. The third-order valence-electron chi connectivity index (χ3n) is 7.31. The molecule has 2 saturated carbocycles. The van der Waals surface area contributed by atoms with E-state index < -0.39 is 0 Å².